The van der Waals surface area contributed by atoms with Crippen LogP contribution in [0.4, 0.5) is 0 Å². The summed E-state index contributed by atoms with van der Waals surface area (Å²) in [6.07, 6.45) is -0.264. The maximum absolute atomic E-state index is 12.7. The second kappa shape index (κ2) is 10.4. The van der Waals surface area contributed by atoms with Crippen LogP contribution in [0.2, 0.25) is 0 Å². The van der Waals surface area contributed by atoms with Crippen molar-refractivity contribution in [3.63, 3.8) is 0 Å². The zero-order chi connectivity index (χ0) is 24.0. The van der Waals surface area contributed by atoms with Gasteiger partial charge < -0.3 is 5.11 Å². The number of sulfonamides is 1. The Bertz CT molecular complexity index is 1300. The average molecular weight is 469 g/mol. The highest BCUT2D eigenvalue weighted by Gasteiger charge is 2.29. The van der Waals surface area contributed by atoms with E-state index in [0.29, 0.717) is 17.5 Å². The summed E-state index contributed by atoms with van der Waals surface area (Å²) in [4.78, 5) is 36.5. The number of rotatable bonds is 9. The van der Waals surface area contributed by atoms with Gasteiger partial charge in [0.15, 0.2) is 0 Å². The number of carboxylic acid groups (broad SMARTS) is 1. The predicted octanol–water partition coefficient (Wildman–Crippen LogP) is 2.62. The molecule has 9 heteroatoms. The first-order chi connectivity index (χ1) is 15.7. The van der Waals surface area contributed by atoms with Gasteiger partial charge in [-0.05, 0) is 34.4 Å². The summed E-state index contributed by atoms with van der Waals surface area (Å²) in [5, 5.41) is 13.1. The van der Waals surface area contributed by atoms with Crippen molar-refractivity contribution in [2.75, 3.05) is 0 Å². The molecule has 8 nitrogen and oxygen atoms in total. The van der Waals surface area contributed by atoms with E-state index in [1.165, 1.54) is 6.07 Å². The Kier molecular flexibility index (Phi) is 7.57. The minimum atomic E-state index is -4.09. The minimum absolute atomic E-state index is 0.265. The number of carbonyl (C=O) groups is 3. The van der Waals surface area contributed by atoms with Crippen LogP contribution in [0.15, 0.2) is 66.7 Å². The third-order valence-corrected chi connectivity index (χ3v) is 6.42. The van der Waals surface area contributed by atoms with Gasteiger partial charge in [-0.2, -0.15) is 0 Å². The fraction of sp³-hybridized carbons (Fsp3) is 0.208. The number of hydrogen-bond donors (Lipinski definition) is 3. The summed E-state index contributed by atoms with van der Waals surface area (Å²) in [6, 6.07) is 17.6. The monoisotopic (exact) mass is 468 g/mol. The van der Waals surface area contributed by atoms with Crippen molar-refractivity contribution >= 4 is 38.6 Å². The third kappa shape index (κ3) is 6.47. The van der Waals surface area contributed by atoms with E-state index in [-0.39, 0.29) is 5.56 Å². The van der Waals surface area contributed by atoms with Gasteiger partial charge in [0.2, 0.25) is 15.9 Å². The average Bonchev–Trinajstić information content (AvgIpc) is 2.77. The lowest BCUT2D eigenvalue weighted by molar-refractivity contribution is -0.139. The van der Waals surface area contributed by atoms with E-state index in [2.05, 4.69) is 10.0 Å². The van der Waals surface area contributed by atoms with E-state index in [1.807, 2.05) is 31.2 Å². The molecule has 0 aliphatic heterocycles. The highest BCUT2D eigenvalue weighted by atomic mass is 32.2. The Labute approximate surface area is 191 Å². The van der Waals surface area contributed by atoms with Crippen LogP contribution in [0.25, 0.3) is 10.8 Å². The second-order valence-electron chi connectivity index (χ2n) is 7.54. The van der Waals surface area contributed by atoms with Gasteiger partial charge in [0.05, 0.1) is 12.2 Å². The summed E-state index contributed by atoms with van der Waals surface area (Å²) in [5.74, 6) is -3.59. The lowest BCUT2D eigenvalue weighted by atomic mass is 10.0. The Morgan fingerprint density at radius 2 is 1.61 bits per heavy atom. The van der Waals surface area contributed by atoms with Crippen LogP contribution in [0.5, 0.6) is 0 Å². The van der Waals surface area contributed by atoms with Crippen molar-refractivity contribution in [2.45, 2.75) is 31.6 Å². The van der Waals surface area contributed by atoms with Crippen LogP contribution in [-0.2, 0) is 31.8 Å². The second-order valence-corrected chi connectivity index (χ2v) is 9.29. The van der Waals surface area contributed by atoms with E-state index in [9.17, 15) is 27.9 Å². The number of imide groups is 1. The molecule has 2 amide bonds. The number of carboxylic acids is 1. The summed E-state index contributed by atoms with van der Waals surface area (Å²) < 4.78 is 27.6. The van der Waals surface area contributed by atoms with Crippen molar-refractivity contribution in [1.29, 1.82) is 0 Å². The summed E-state index contributed by atoms with van der Waals surface area (Å²) in [6.45, 7) is 1.85. The topological polar surface area (TPSA) is 130 Å². The Morgan fingerprint density at radius 1 is 0.939 bits per heavy atom. The number of hydrogen-bond acceptors (Lipinski definition) is 5. The van der Waals surface area contributed by atoms with Crippen LogP contribution in [0, 0.1) is 0 Å². The number of amides is 2. The molecule has 3 aromatic carbocycles. The number of aliphatic carboxylic acids is 1. The van der Waals surface area contributed by atoms with Gasteiger partial charge in [0.25, 0.3) is 5.91 Å². The summed E-state index contributed by atoms with van der Waals surface area (Å²) in [7, 11) is -4.09. The van der Waals surface area contributed by atoms with Crippen LogP contribution >= 0.6 is 0 Å². The fourth-order valence-corrected chi connectivity index (χ4v) is 4.81. The largest absolute Gasteiger partial charge is 0.481 e. The molecule has 3 rings (SSSR count). The van der Waals surface area contributed by atoms with E-state index < -0.39 is 46.0 Å². The molecular formula is C24H24N2O6S. The van der Waals surface area contributed by atoms with E-state index in [4.69, 9.17) is 0 Å². The van der Waals surface area contributed by atoms with Gasteiger partial charge >= 0.3 is 5.97 Å². The van der Waals surface area contributed by atoms with Gasteiger partial charge in [-0.25, -0.2) is 13.1 Å². The molecule has 0 heterocycles. The molecule has 0 fully saturated rings. The zero-order valence-corrected chi connectivity index (χ0v) is 18.8. The minimum Gasteiger partial charge on any atom is -0.481 e. The maximum atomic E-state index is 12.7. The van der Waals surface area contributed by atoms with Crippen LogP contribution in [0.1, 0.15) is 34.8 Å². The molecule has 33 heavy (non-hydrogen) atoms. The van der Waals surface area contributed by atoms with Gasteiger partial charge in [0.1, 0.15) is 6.04 Å². The van der Waals surface area contributed by atoms with E-state index in [1.54, 1.807) is 36.4 Å². The molecule has 0 unspecified atom stereocenters. The molecule has 3 N–H and O–H groups in total. The molecule has 172 valence electrons. The van der Waals surface area contributed by atoms with E-state index >= 15 is 0 Å². The van der Waals surface area contributed by atoms with Crippen molar-refractivity contribution in [2.24, 2.45) is 0 Å². The highest BCUT2D eigenvalue weighted by Crippen LogP contribution is 2.17. The molecule has 0 saturated carbocycles. The molecule has 0 aliphatic carbocycles. The first kappa shape index (κ1) is 24.1. The molecule has 0 spiro atoms. The Balaban J connectivity index is 1.76. The van der Waals surface area contributed by atoms with Crippen LogP contribution in [0.3, 0.4) is 0 Å². The molecule has 1 atom stereocenters. The van der Waals surface area contributed by atoms with Gasteiger partial charge in [-0.1, -0.05) is 67.6 Å². The molecule has 3 aromatic rings. The smallest absolute Gasteiger partial charge is 0.305 e. The van der Waals surface area contributed by atoms with Crippen molar-refractivity contribution in [1.82, 2.24) is 10.0 Å². The first-order valence-electron chi connectivity index (χ1n) is 10.3. The Hall–Kier alpha value is -3.56. The van der Waals surface area contributed by atoms with Crippen molar-refractivity contribution in [3.05, 3.63) is 83.4 Å². The molecule has 0 radical (unpaired) electrons. The zero-order valence-electron chi connectivity index (χ0n) is 17.9. The SMILES string of the molecule is CCc1ccccc1C(=O)NC(=O)[C@H](CC(=O)O)NS(=O)(=O)Cc1ccc2ccccc2c1. The molecule has 0 bridgehead atoms. The highest BCUT2D eigenvalue weighted by molar-refractivity contribution is 7.88. The molecule has 0 aliphatic rings. The maximum Gasteiger partial charge on any atom is 0.305 e. The summed E-state index contributed by atoms with van der Waals surface area (Å²) in [5.41, 5.74) is 1.44. The quantitative estimate of drug-likeness (QED) is 0.443. The lowest BCUT2D eigenvalue weighted by Crippen LogP contribution is -2.49. The first-order valence-corrected chi connectivity index (χ1v) is 12.0. The fourth-order valence-electron chi connectivity index (χ4n) is 3.49. The predicted molar refractivity (Wildman–Crippen MR) is 124 cm³/mol. The van der Waals surface area contributed by atoms with Gasteiger partial charge in [-0.15, -0.1) is 0 Å². The number of fused-ring (bicyclic) bond motifs is 1. The standard InChI is InChI=1S/C24H24N2O6S/c1-2-17-7-5-6-10-20(17)23(29)25-24(30)21(14-22(27)28)26-33(31,32)15-16-11-12-18-8-3-4-9-19(18)13-16/h3-13,21,26H,2,14-15H2,1H3,(H,27,28)(H,25,29,30)/t21-/m0/s1. The normalized spacial score (nSPS) is 12.3. The third-order valence-electron chi connectivity index (χ3n) is 5.07. The van der Waals surface area contributed by atoms with Gasteiger partial charge in [-0.3, -0.25) is 19.7 Å². The Morgan fingerprint density at radius 3 is 2.30 bits per heavy atom. The van der Waals surface area contributed by atoms with Crippen LogP contribution < -0.4 is 10.0 Å². The van der Waals surface area contributed by atoms with Crippen molar-refractivity contribution < 1.29 is 27.9 Å². The molecular weight excluding hydrogens is 444 g/mol. The number of carbonyl (C=O) groups excluding carboxylic acids is 2. The lowest BCUT2D eigenvalue weighted by Gasteiger charge is -2.17. The van der Waals surface area contributed by atoms with Crippen LogP contribution in [-0.4, -0.2) is 37.3 Å². The number of aryl methyl sites for hydroxylation is 1. The molecule has 0 aromatic heterocycles. The van der Waals surface area contributed by atoms with Crippen molar-refractivity contribution in [3.8, 4) is 0 Å². The summed E-state index contributed by atoms with van der Waals surface area (Å²) >= 11 is 0. The van der Waals surface area contributed by atoms with Gasteiger partial charge in [0, 0.05) is 5.56 Å². The number of benzene rings is 3. The van der Waals surface area contributed by atoms with E-state index in [0.717, 1.165) is 10.8 Å². The number of nitrogens with one attached hydrogen (secondary N) is 2. The molecule has 0 saturated heterocycles.